The number of carbonyl (C=O) groups excluding carboxylic acids is 1. The number of fused-ring (bicyclic) bond motifs is 3. The molecule has 52 heavy (non-hydrogen) atoms. The van der Waals surface area contributed by atoms with Crippen LogP contribution in [0, 0.1) is 36.0 Å². The van der Waals surface area contributed by atoms with Crippen molar-refractivity contribution in [1.82, 2.24) is 0 Å². The molecule has 280 valence electrons. The number of phenols is 2. The van der Waals surface area contributed by atoms with Gasteiger partial charge in [-0.25, -0.2) is 4.79 Å². The zero-order chi connectivity index (χ0) is 36.9. The first kappa shape index (κ1) is 35.5. The molecule has 1 spiro atoms. The molecule has 0 unspecified atom stereocenters. The number of carboxylic acids is 1. The topological polar surface area (TPSA) is 213 Å². The highest BCUT2D eigenvalue weighted by Gasteiger charge is 2.65. The molecule has 8 rings (SSSR count). The van der Waals surface area contributed by atoms with Gasteiger partial charge in [-0.2, -0.15) is 0 Å². The summed E-state index contributed by atoms with van der Waals surface area (Å²) in [6.45, 7) is 3.37. The fraction of sp³-hybridized carbons (Fsp3) is 0.590. The summed E-state index contributed by atoms with van der Waals surface area (Å²) in [5, 5.41) is 77.0. The van der Waals surface area contributed by atoms with Crippen molar-refractivity contribution >= 4 is 22.5 Å². The third-order valence-electron chi connectivity index (χ3n) is 13.2. The van der Waals surface area contributed by atoms with Gasteiger partial charge in [-0.15, -0.1) is 0 Å². The van der Waals surface area contributed by atoms with Crippen LogP contribution in [0.4, 0.5) is 0 Å². The molecular formula is C39H46O13. The summed E-state index contributed by atoms with van der Waals surface area (Å²) in [6.07, 6.45) is 0.418. The quantitative estimate of drug-likeness (QED) is 0.162. The Balaban J connectivity index is 1.17. The number of aromatic hydroxyl groups is 2. The zero-order valence-electron chi connectivity index (χ0n) is 29.2. The number of phenolic OH excluding ortho intramolecular Hbond substituents is 2. The Morgan fingerprint density at radius 3 is 2.60 bits per heavy atom. The molecule has 0 amide bonds. The number of rotatable bonds is 7. The SMILES string of the molecule is CC(=O)c1c(C)c(O)c2cc(C(=O)O)cc(O[C@H]3O[C@H](CO)[C@@]4(C[C@H]5C6=C(CC=C6[C@]6(CCO)COC[C@H]7CCC[C@H]5[C@H]76)CO4)[C@H](O)[C@H]3O)c2c1O. The molecule has 2 aromatic carbocycles. The van der Waals surface area contributed by atoms with Crippen molar-refractivity contribution in [3.05, 3.63) is 51.6 Å². The smallest absolute Gasteiger partial charge is 0.335 e. The largest absolute Gasteiger partial charge is 0.507 e. The summed E-state index contributed by atoms with van der Waals surface area (Å²) in [4.78, 5) is 24.6. The summed E-state index contributed by atoms with van der Waals surface area (Å²) in [5.41, 5.74) is 1.09. The molecule has 10 atom stereocenters. The van der Waals surface area contributed by atoms with Gasteiger partial charge in [-0.3, -0.25) is 4.79 Å². The van der Waals surface area contributed by atoms with Crippen LogP contribution in [-0.2, 0) is 14.2 Å². The van der Waals surface area contributed by atoms with Crippen molar-refractivity contribution in [3.8, 4) is 17.2 Å². The van der Waals surface area contributed by atoms with E-state index in [2.05, 4.69) is 6.08 Å². The average Bonchev–Trinajstić information content (AvgIpc) is 3.48. The van der Waals surface area contributed by atoms with E-state index < -0.39 is 60.1 Å². The Hall–Kier alpha value is -3.56. The minimum Gasteiger partial charge on any atom is -0.507 e. The minimum absolute atomic E-state index is 0.0365. The molecule has 13 nitrogen and oxygen atoms in total. The number of carboxylic acid groups (broad SMARTS) is 1. The van der Waals surface area contributed by atoms with Crippen LogP contribution in [-0.4, -0.2) is 111 Å². The lowest BCUT2D eigenvalue weighted by molar-refractivity contribution is -0.326. The van der Waals surface area contributed by atoms with E-state index in [0.717, 1.165) is 37.0 Å². The van der Waals surface area contributed by atoms with Gasteiger partial charge in [0.25, 0.3) is 0 Å². The first-order valence-electron chi connectivity index (χ1n) is 18.2. The maximum atomic E-state index is 12.5. The van der Waals surface area contributed by atoms with E-state index >= 15 is 0 Å². The van der Waals surface area contributed by atoms with Crippen LogP contribution in [0.25, 0.3) is 10.8 Å². The van der Waals surface area contributed by atoms with Gasteiger partial charge in [0.2, 0.25) is 6.29 Å². The number of hydrogen-bond acceptors (Lipinski definition) is 12. The van der Waals surface area contributed by atoms with E-state index in [9.17, 15) is 45.3 Å². The Morgan fingerprint density at radius 2 is 1.88 bits per heavy atom. The maximum Gasteiger partial charge on any atom is 0.335 e. The molecule has 0 aromatic heterocycles. The monoisotopic (exact) mass is 722 g/mol. The number of benzene rings is 2. The second kappa shape index (κ2) is 12.8. The number of Topliss-reactive ketones (excluding diaryl/α,β-unsaturated/α-hetero) is 1. The lowest BCUT2D eigenvalue weighted by Crippen LogP contribution is -2.69. The van der Waals surface area contributed by atoms with Gasteiger partial charge in [0.05, 0.1) is 36.3 Å². The van der Waals surface area contributed by atoms with Crippen molar-refractivity contribution in [2.75, 3.05) is 33.0 Å². The molecule has 2 aromatic rings. The summed E-state index contributed by atoms with van der Waals surface area (Å²) in [5.74, 6) is -2.59. The summed E-state index contributed by atoms with van der Waals surface area (Å²) < 4.78 is 25.2. The molecule has 6 aliphatic rings. The first-order chi connectivity index (χ1) is 24.9. The Labute approximate surface area is 300 Å². The van der Waals surface area contributed by atoms with Crippen LogP contribution in [0.1, 0.15) is 71.7 Å². The average molecular weight is 723 g/mol. The third kappa shape index (κ3) is 4.93. The van der Waals surface area contributed by atoms with E-state index in [1.54, 1.807) is 0 Å². The molecular weight excluding hydrogens is 676 g/mol. The van der Waals surface area contributed by atoms with E-state index in [4.69, 9.17) is 18.9 Å². The van der Waals surface area contributed by atoms with Crippen molar-refractivity contribution in [1.29, 1.82) is 0 Å². The van der Waals surface area contributed by atoms with Gasteiger partial charge in [-0.1, -0.05) is 12.5 Å². The highest BCUT2D eigenvalue weighted by molar-refractivity contribution is 6.11. The van der Waals surface area contributed by atoms with E-state index in [1.807, 2.05) is 0 Å². The second-order valence-corrected chi connectivity index (χ2v) is 15.6. The molecule has 13 heteroatoms. The predicted octanol–water partition coefficient (Wildman–Crippen LogP) is 3.13. The van der Waals surface area contributed by atoms with Crippen molar-refractivity contribution in [2.24, 2.45) is 29.1 Å². The first-order valence-corrected chi connectivity index (χ1v) is 18.2. The van der Waals surface area contributed by atoms with E-state index in [-0.39, 0.29) is 76.0 Å². The Bertz CT molecular complexity index is 1890. The van der Waals surface area contributed by atoms with Gasteiger partial charge < -0.3 is 54.7 Å². The third-order valence-corrected chi connectivity index (χ3v) is 13.2. The molecule has 7 N–H and O–H groups in total. The van der Waals surface area contributed by atoms with Crippen LogP contribution in [0.2, 0.25) is 0 Å². The lowest BCUT2D eigenvalue weighted by Gasteiger charge is -2.61. The zero-order valence-corrected chi connectivity index (χ0v) is 29.2. The van der Waals surface area contributed by atoms with Gasteiger partial charge in [0, 0.05) is 29.6 Å². The predicted molar refractivity (Wildman–Crippen MR) is 183 cm³/mol. The van der Waals surface area contributed by atoms with Crippen molar-refractivity contribution < 1.29 is 64.3 Å². The lowest BCUT2D eigenvalue weighted by atomic mass is 9.46. The van der Waals surface area contributed by atoms with Crippen LogP contribution in [0.5, 0.6) is 17.2 Å². The number of aromatic carboxylic acids is 1. The number of allylic oxidation sites excluding steroid dienone is 2. The number of hydrogen-bond donors (Lipinski definition) is 7. The van der Waals surface area contributed by atoms with Gasteiger partial charge >= 0.3 is 5.97 Å². The summed E-state index contributed by atoms with van der Waals surface area (Å²) in [7, 11) is 0. The maximum absolute atomic E-state index is 12.5. The Kier molecular flexibility index (Phi) is 8.72. The highest BCUT2D eigenvalue weighted by atomic mass is 16.7. The molecule has 3 aliphatic carbocycles. The summed E-state index contributed by atoms with van der Waals surface area (Å²) in [6, 6.07) is 2.21. The van der Waals surface area contributed by atoms with Crippen molar-refractivity contribution in [3.63, 3.8) is 0 Å². The molecule has 2 saturated carbocycles. The number of aliphatic hydroxyl groups excluding tert-OH is 4. The van der Waals surface area contributed by atoms with E-state index in [0.29, 0.717) is 32.0 Å². The molecule has 3 aliphatic heterocycles. The van der Waals surface area contributed by atoms with Crippen molar-refractivity contribution in [2.45, 2.75) is 82.6 Å². The minimum atomic E-state index is -1.78. The van der Waals surface area contributed by atoms with Gasteiger partial charge in [0.1, 0.15) is 41.2 Å². The van der Waals surface area contributed by atoms with Crippen LogP contribution in [0.15, 0.2) is 34.9 Å². The van der Waals surface area contributed by atoms with Crippen LogP contribution >= 0.6 is 0 Å². The second-order valence-electron chi connectivity index (χ2n) is 15.6. The Morgan fingerprint density at radius 1 is 1.10 bits per heavy atom. The van der Waals surface area contributed by atoms with Crippen LogP contribution < -0.4 is 4.74 Å². The fourth-order valence-corrected chi connectivity index (χ4v) is 11.1. The molecule has 0 bridgehead atoms. The fourth-order valence-electron chi connectivity index (χ4n) is 11.1. The van der Waals surface area contributed by atoms with E-state index in [1.165, 1.54) is 25.0 Å². The van der Waals surface area contributed by atoms with Gasteiger partial charge in [0.15, 0.2) is 5.78 Å². The molecule has 4 fully saturated rings. The summed E-state index contributed by atoms with van der Waals surface area (Å²) >= 11 is 0. The number of carbonyl (C=O) groups is 2. The number of ether oxygens (including phenoxy) is 4. The van der Waals surface area contributed by atoms with Crippen LogP contribution in [0.3, 0.4) is 0 Å². The standard InChI is InChI=1S/C39H46O13/c1-17-28(18(2)42)33(44)30-23(32(17)43)10-21(36(47)48)11-26(30)51-37-34(45)35(46)39(27(13-41)52-37)12-24-22-5-3-4-20-14-49-16-38(8-9-40,31(20)22)25-7-6-19(15-50-39)29(24)25/h7,10-11,20,22,24,27,31,34-35,37,40-41,43-46H,3-6,8-9,12-16H2,1-2H3,(H,47,48)/t20-,22-,24-,27-,31+,34-,35-,37+,38+,39+/m1/s1. The number of aliphatic hydroxyl groups is 4. The highest BCUT2D eigenvalue weighted by Crippen LogP contribution is 2.66. The normalized spacial score (nSPS) is 36.6. The molecule has 2 saturated heterocycles. The molecule has 3 heterocycles. The number of ketones is 1. The molecule has 0 radical (unpaired) electrons. The van der Waals surface area contributed by atoms with Gasteiger partial charge in [-0.05, 0) is 98.5 Å².